The van der Waals surface area contributed by atoms with Gasteiger partial charge in [0.05, 0.1) is 4.47 Å². The molecule has 1 heterocycles. The van der Waals surface area contributed by atoms with E-state index in [-0.39, 0.29) is 5.63 Å². The van der Waals surface area contributed by atoms with Crippen LogP contribution >= 0.6 is 15.9 Å². The van der Waals surface area contributed by atoms with E-state index < -0.39 is 0 Å². The standard InChI is InChI=1S/C13H11BrO2/c14-12-8-11(13(15)16-9-12)7-6-10-4-2-1-3-5-10/h4,8-9H,1-3,5H2. The average Bonchev–Trinajstić information content (AvgIpc) is 2.32. The van der Waals surface area contributed by atoms with Gasteiger partial charge in [-0.15, -0.1) is 0 Å². The van der Waals surface area contributed by atoms with Crippen LogP contribution in [0.5, 0.6) is 0 Å². The Balaban J connectivity index is 2.26. The fourth-order valence-corrected chi connectivity index (χ4v) is 1.91. The van der Waals surface area contributed by atoms with Crippen LogP contribution in [0.4, 0.5) is 0 Å². The van der Waals surface area contributed by atoms with Crippen molar-refractivity contribution < 1.29 is 4.42 Å². The van der Waals surface area contributed by atoms with E-state index in [1.807, 2.05) is 0 Å². The van der Waals surface area contributed by atoms with Gasteiger partial charge in [-0.1, -0.05) is 17.9 Å². The van der Waals surface area contributed by atoms with E-state index in [4.69, 9.17) is 4.42 Å². The molecule has 16 heavy (non-hydrogen) atoms. The van der Waals surface area contributed by atoms with Crippen LogP contribution in [0.15, 0.2) is 37.7 Å². The third-order valence-electron chi connectivity index (χ3n) is 2.43. The second kappa shape index (κ2) is 5.18. The summed E-state index contributed by atoms with van der Waals surface area (Å²) in [6.07, 6.45) is 8.06. The first-order chi connectivity index (χ1) is 7.75. The Morgan fingerprint density at radius 2 is 2.19 bits per heavy atom. The van der Waals surface area contributed by atoms with Crippen LogP contribution in [0.25, 0.3) is 0 Å². The van der Waals surface area contributed by atoms with Gasteiger partial charge in [0.2, 0.25) is 0 Å². The van der Waals surface area contributed by atoms with Crippen molar-refractivity contribution >= 4 is 15.9 Å². The van der Waals surface area contributed by atoms with Crippen LogP contribution < -0.4 is 5.63 Å². The molecule has 0 spiro atoms. The molecular formula is C13H11BrO2. The Morgan fingerprint density at radius 1 is 1.31 bits per heavy atom. The molecule has 3 heteroatoms. The third-order valence-corrected chi connectivity index (χ3v) is 2.85. The largest absolute Gasteiger partial charge is 0.429 e. The van der Waals surface area contributed by atoms with Crippen LogP contribution in [0.3, 0.4) is 0 Å². The van der Waals surface area contributed by atoms with Gasteiger partial charge in [0.1, 0.15) is 11.8 Å². The molecule has 0 saturated carbocycles. The molecule has 0 saturated heterocycles. The van der Waals surface area contributed by atoms with E-state index in [0.29, 0.717) is 5.56 Å². The lowest BCUT2D eigenvalue weighted by Gasteiger charge is -2.05. The molecule has 0 aliphatic heterocycles. The highest BCUT2D eigenvalue weighted by atomic mass is 79.9. The first-order valence-electron chi connectivity index (χ1n) is 5.25. The fraction of sp³-hybridized carbons (Fsp3) is 0.308. The zero-order valence-corrected chi connectivity index (χ0v) is 10.3. The predicted molar refractivity (Wildman–Crippen MR) is 66.1 cm³/mol. The Morgan fingerprint density at radius 3 is 2.94 bits per heavy atom. The maximum atomic E-state index is 11.3. The lowest BCUT2D eigenvalue weighted by molar-refractivity contribution is 0.505. The van der Waals surface area contributed by atoms with Gasteiger partial charge in [0.15, 0.2) is 0 Å². The van der Waals surface area contributed by atoms with Crippen molar-refractivity contribution in [1.82, 2.24) is 0 Å². The van der Waals surface area contributed by atoms with E-state index in [2.05, 4.69) is 33.8 Å². The van der Waals surface area contributed by atoms with Crippen molar-refractivity contribution in [1.29, 1.82) is 0 Å². The van der Waals surface area contributed by atoms with Crippen molar-refractivity contribution in [2.75, 3.05) is 0 Å². The highest BCUT2D eigenvalue weighted by Gasteiger charge is 2.01. The monoisotopic (exact) mass is 278 g/mol. The summed E-state index contributed by atoms with van der Waals surface area (Å²) in [6.45, 7) is 0. The smallest absolute Gasteiger partial charge is 0.351 e. The van der Waals surface area contributed by atoms with E-state index in [0.717, 1.165) is 22.9 Å². The van der Waals surface area contributed by atoms with Gasteiger partial charge >= 0.3 is 5.63 Å². The molecule has 0 N–H and O–H groups in total. The summed E-state index contributed by atoms with van der Waals surface area (Å²) in [5.74, 6) is 5.91. The van der Waals surface area contributed by atoms with Gasteiger partial charge in [-0.2, -0.15) is 0 Å². The van der Waals surface area contributed by atoms with Crippen molar-refractivity contribution in [3.05, 3.63) is 44.4 Å². The quantitative estimate of drug-likeness (QED) is 0.682. The molecule has 0 unspecified atom stereocenters. The average molecular weight is 279 g/mol. The summed E-state index contributed by atoms with van der Waals surface area (Å²) in [6, 6.07) is 1.68. The van der Waals surface area contributed by atoms with Crippen molar-refractivity contribution in [2.24, 2.45) is 0 Å². The zero-order chi connectivity index (χ0) is 11.4. The molecular weight excluding hydrogens is 268 g/mol. The molecule has 0 amide bonds. The Hall–Kier alpha value is -1.27. The molecule has 2 rings (SSSR count). The summed E-state index contributed by atoms with van der Waals surface area (Å²) in [4.78, 5) is 11.3. The summed E-state index contributed by atoms with van der Waals surface area (Å²) in [5, 5.41) is 0. The number of hydrogen-bond donors (Lipinski definition) is 0. The number of allylic oxidation sites excluding steroid dienone is 2. The Labute approximate surface area is 102 Å². The molecule has 0 bridgehead atoms. The molecule has 0 radical (unpaired) electrons. The molecule has 0 aromatic carbocycles. The van der Waals surface area contributed by atoms with Crippen LogP contribution in [0.2, 0.25) is 0 Å². The van der Waals surface area contributed by atoms with Crippen LogP contribution in [-0.4, -0.2) is 0 Å². The van der Waals surface area contributed by atoms with Gasteiger partial charge < -0.3 is 4.42 Å². The first-order valence-corrected chi connectivity index (χ1v) is 6.04. The lowest BCUT2D eigenvalue weighted by atomic mass is 10.00. The minimum atomic E-state index is -0.382. The highest BCUT2D eigenvalue weighted by Crippen LogP contribution is 2.16. The van der Waals surface area contributed by atoms with Crippen LogP contribution in [-0.2, 0) is 0 Å². The molecule has 2 nitrogen and oxygen atoms in total. The molecule has 82 valence electrons. The third kappa shape index (κ3) is 2.86. The number of halogens is 1. The van der Waals surface area contributed by atoms with Crippen molar-refractivity contribution in [3.8, 4) is 11.8 Å². The summed E-state index contributed by atoms with van der Waals surface area (Å²) >= 11 is 3.25. The van der Waals surface area contributed by atoms with Gasteiger partial charge in [-0.25, -0.2) is 4.79 Å². The van der Waals surface area contributed by atoms with Crippen molar-refractivity contribution in [3.63, 3.8) is 0 Å². The summed E-state index contributed by atoms with van der Waals surface area (Å²) in [7, 11) is 0. The molecule has 1 aromatic rings. The SMILES string of the molecule is O=c1occ(Br)cc1C#CC1=CCCCC1. The maximum absolute atomic E-state index is 11.3. The maximum Gasteiger partial charge on any atom is 0.351 e. The van der Waals surface area contributed by atoms with E-state index >= 15 is 0 Å². The Kier molecular flexibility index (Phi) is 3.63. The van der Waals surface area contributed by atoms with Gasteiger partial charge in [0.25, 0.3) is 0 Å². The first kappa shape index (κ1) is 11.2. The minimum absolute atomic E-state index is 0.382. The van der Waals surface area contributed by atoms with Gasteiger partial charge in [-0.3, -0.25) is 0 Å². The number of rotatable bonds is 0. The van der Waals surface area contributed by atoms with E-state index in [9.17, 15) is 4.79 Å². The summed E-state index contributed by atoms with van der Waals surface area (Å²) < 4.78 is 5.54. The highest BCUT2D eigenvalue weighted by molar-refractivity contribution is 9.10. The van der Waals surface area contributed by atoms with E-state index in [1.54, 1.807) is 6.07 Å². The van der Waals surface area contributed by atoms with Gasteiger partial charge in [0, 0.05) is 0 Å². The fourth-order valence-electron chi connectivity index (χ4n) is 1.59. The minimum Gasteiger partial charge on any atom is -0.429 e. The lowest BCUT2D eigenvalue weighted by Crippen LogP contribution is -2.02. The second-order valence-electron chi connectivity index (χ2n) is 3.69. The second-order valence-corrected chi connectivity index (χ2v) is 4.61. The normalized spacial score (nSPS) is 14.9. The molecule has 1 aliphatic carbocycles. The molecule has 0 fully saturated rings. The van der Waals surface area contributed by atoms with Crippen LogP contribution in [0, 0.1) is 11.8 Å². The van der Waals surface area contributed by atoms with E-state index in [1.165, 1.54) is 19.1 Å². The van der Waals surface area contributed by atoms with Crippen LogP contribution in [0.1, 0.15) is 31.2 Å². The van der Waals surface area contributed by atoms with Crippen molar-refractivity contribution in [2.45, 2.75) is 25.7 Å². The molecule has 0 atom stereocenters. The molecule has 1 aromatic heterocycles. The summed E-state index contributed by atoms with van der Waals surface area (Å²) in [5.41, 5.74) is 1.15. The van der Waals surface area contributed by atoms with Gasteiger partial charge in [-0.05, 0) is 53.3 Å². The Bertz CT molecular complexity index is 529. The predicted octanol–water partition coefficient (Wildman–Crippen LogP) is 3.25. The number of hydrogen-bond acceptors (Lipinski definition) is 2. The molecule has 1 aliphatic rings. The zero-order valence-electron chi connectivity index (χ0n) is 8.75. The topological polar surface area (TPSA) is 30.2 Å².